The summed E-state index contributed by atoms with van der Waals surface area (Å²) in [5.41, 5.74) is 4.82. The highest BCUT2D eigenvalue weighted by atomic mass is 79.9. The lowest BCUT2D eigenvalue weighted by atomic mass is 10.1. The molecule has 0 radical (unpaired) electrons. The molecule has 0 fully saturated rings. The molecule has 3 rings (SSSR count). The van der Waals surface area contributed by atoms with Gasteiger partial charge in [0.25, 0.3) is 0 Å². The van der Waals surface area contributed by atoms with Crippen molar-refractivity contribution in [3.05, 3.63) is 51.8 Å². The Balaban J connectivity index is 2.11. The maximum atomic E-state index is 6.37. The number of pyridine rings is 1. The summed E-state index contributed by atoms with van der Waals surface area (Å²) in [6.07, 6.45) is 7.70. The topological polar surface area (TPSA) is 27.1 Å². The van der Waals surface area contributed by atoms with Gasteiger partial charge in [0.15, 0.2) is 0 Å². The van der Waals surface area contributed by atoms with Crippen LogP contribution < -0.4 is 4.74 Å². The fourth-order valence-corrected chi connectivity index (χ4v) is 4.44. The summed E-state index contributed by atoms with van der Waals surface area (Å²) < 4.78 is 9.77. The van der Waals surface area contributed by atoms with Crippen molar-refractivity contribution in [3.63, 3.8) is 0 Å². The first kappa shape index (κ1) is 20.9. The molecule has 0 bridgehead atoms. The lowest BCUT2D eigenvalue weighted by molar-refractivity contribution is 0.463. The average Bonchev–Trinajstić information content (AvgIpc) is 3.04. The van der Waals surface area contributed by atoms with Gasteiger partial charge in [-0.25, -0.2) is 4.98 Å². The second-order valence-electron chi connectivity index (χ2n) is 7.47. The number of aryl methyl sites for hydroxylation is 3. The summed E-state index contributed by atoms with van der Waals surface area (Å²) in [4.78, 5) is 4.77. The minimum absolute atomic E-state index is 0.498. The summed E-state index contributed by atoms with van der Waals surface area (Å²) in [7, 11) is 0. The number of halogens is 1. The number of nitrogens with zero attached hydrogens (tertiary/aromatic N) is 2. The van der Waals surface area contributed by atoms with Crippen molar-refractivity contribution in [2.24, 2.45) is 0 Å². The van der Waals surface area contributed by atoms with Gasteiger partial charge in [-0.3, -0.25) is 0 Å². The molecule has 0 unspecified atom stereocenters. The van der Waals surface area contributed by atoms with Gasteiger partial charge in [-0.2, -0.15) is 0 Å². The Hall–Kier alpha value is -1.81. The Morgan fingerprint density at radius 1 is 1.11 bits per heavy atom. The fourth-order valence-electron chi connectivity index (χ4n) is 3.94. The minimum Gasteiger partial charge on any atom is -0.437 e. The average molecular weight is 443 g/mol. The van der Waals surface area contributed by atoms with Crippen LogP contribution in [0.1, 0.15) is 69.8 Å². The lowest BCUT2D eigenvalue weighted by Gasteiger charge is -2.17. The van der Waals surface area contributed by atoms with Crippen molar-refractivity contribution in [1.29, 1.82) is 0 Å². The van der Waals surface area contributed by atoms with Gasteiger partial charge in [0.1, 0.15) is 5.75 Å². The van der Waals surface area contributed by atoms with E-state index in [2.05, 4.69) is 78.7 Å². The molecular formula is C24H31BrN2O. The molecule has 0 atom stereocenters. The Morgan fingerprint density at radius 2 is 1.86 bits per heavy atom. The lowest BCUT2D eigenvalue weighted by Crippen LogP contribution is -2.05. The van der Waals surface area contributed by atoms with E-state index >= 15 is 0 Å². The minimum atomic E-state index is 0.498. The predicted octanol–water partition coefficient (Wildman–Crippen LogP) is 7.78. The molecular weight excluding hydrogens is 412 g/mol. The van der Waals surface area contributed by atoms with Crippen LogP contribution in [0.4, 0.5) is 0 Å². The van der Waals surface area contributed by atoms with Gasteiger partial charge in [0, 0.05) is 17.9 Å². The van der Waals surface area contributed by atoms with E-state index in [1.807, 2.05) is 6.92 Å². The van der Waals surface area contributed by atoms with E-state index in [4.69, 9.17) is 9.72 Å². The number of rotatable bonds is 8. The molecule has 0 N–H and O–H groups in total. The van der Waals surface area contributed by atoms with Gasteiger partial charge >= 0.3 is 0 Å². The summed E-state index contributed by atoms with van der Waals surface area (Å²) in [6, 6.07) is 9.04. The molecule has 3 aromatic rings. The number of ether oxygens (including phenoxy) is 1. The first-order valence-electron chi connectivity index (χ1n) is 10.5. The number of aromatic nitrogens is 2. The first-order valence-corrected chi connectivity index (χ1v) is 11.3. The third-order valence-corrected chi connectivity index (χ3v) is 6.07. The zero-order valence-corrected chi connectivity index (χ0v) is 19.3. The third-order valence-electron chi connectivity index (χ3n) is 5.45. The van der Waals surface area contributed by atoms with Crippen LogP contribution in [0.3, 0.4) is 0 Å². The van der Waals surface area contributed by atoms with E-state index in [9.17, 15) is 0 Å². The molecule has 4 heteroatoms. The second kappa shape index (κ2) is 9.13. The SMILES string of the molecule is CCCc1ccc(Oc2nc(C)cc3c2c(CC)cn3C(CC)CC)c(Br)c1. The van der Waals surface area contributed by atoms with Gasteiger partial charge in [0.2, 0.25) is 5.88 Å². The number of hydrogen-bond donors (Lipinski definition) is 0. The van der Waals surface area contributed by atoms with Crippen LogP contribution in [-0.2, 0) is 12.8 Å². The number of hydrogen-bond acceptors (Lipinski definition) is 2. The van der Waals surface area contributed by atoms with Gasteiger partial charge in [-0.05, 0) is 77.9 Å². The zero-order chi connectivity index (χ0) is 20.3. The van der Waals surface area contributed by atoms with E-state index in [0.29, 0.717) is 11.9 Å². The van der Waals surface area contributed by atoms with Crippen molar-refractivity contribution >= 4 is 26.8 Å². The largest absolute Gasteiger partial charge is 0.437 e. The maximum Gasteiger partial charge on any atom is 0.229 e. The van der Waals surface area contributed by atoms with E-state index in [1.54, 1.807) is 0 Å². The van der Waals surface area contributed by atoms with Gasteiger partial charge in [-0.15, -0.1) is 0 Å². The van der Waals surface area contributed by atoms with Crippen molar-refractivity contribution in [1.82, 2.24) is 9.55 Å². The van der Waals surface area contributed by atoms with Crippen molar-refractivity contribution in [3.8, 4) is 11.6 Å². The standard InChI is InChI=1S/C24H31BrN2O/c1-6-10-17-11-12-22(20(25)14-17)28-24-23-18(7-2)15-27(19(8-3)9-4)21(23)13-16(5)26-24/h11-15,19H,6-10H2,1-5H3. The third kappa shape index (κ3) is 4.12. The van der Waals surface area contributed by atoms with Crippen LogP contribution in [0.5, 0.6) is 11.6 Å². The van der Waals surface area contributed by atoms with Gasteiger partial charge in [-0.1, -0.05) is 40.2 Å². The van der Waals surface area contributed by atoms with E-state index in [1.165, 1.54) is 16.6 Å². The molecule has 2 aromatic heterocycles. The number of fused-ring (bicyclic) bond motifs is 1. The molecule has 2 heterocycles. The quantitative estimate of drug-likeness (QED) is 0.355. The summed E-state index contributed by atoms with van der Waals surface area (Å²) in [6.45, 7) is 11.0. The van der Waals surface area contributed by atoms with Gasteiger partial charge in [0.05, 0.1) is 15.4 Å². The molecule has 0 spiro atoms. The smallest absolute Gasteiger partial charge is 0.229 e. The normalized spacial score (nSPS) is 11.5. The summed E-state index contributed by atoms with van der Waals surface area (Å²) in [5, 5.41) is 1.14. The van der Waals surface area contributed by atoms with Crippen LogP contribution in [-0.4, -0.2) is 9.55 Å². The summed E-state index contributed by atoms with van der Waals surface area (Å²) >= 11 is 3.69. The molecule has 3 nitrogen and oxygen atoms in total. The molecule has 28 heavy (non-hydrogen) atoms. The van der Waals surface area contributed by atoms with Crippen LogP contribution in [0.25, 0.3) is 10.9 Å². The Kier molecular flexibility index (Phi) is 6.82. The Bertz CT molecular complexity index is 957. The Labute approximate surface area is 177 Å². The van der Waals surface area contributed by atoms with Crippen LogP contribution >= 0.6 is 15.9 Å². The number of benzene rings is 1. The van der Waals surface area contributed by atoms with Crippen molar-refractivity contribution < 1.29 is 4.74 Å². The highest BCUT2D eigenvalue weighted by Crippen LogP contribution is 2.38. The molecule has 0 saturated carbocycles. The van der Waals surface area contributed by atoms with Crippen molar-refractivity contribution in [2.45, 2.75) is 72.8 Å². The molecule has 0 aliphatic heterocycles. The highest BCUT2D eigenvalue weighted by molar-refractivity contribution is 9.10. The van der Waals surface area contributed by atoms with Gasteiger partial charge < -0.3 is 9.30 Å². The second-order valence-corrected chi connectivity index (χ2v) is 8.32. The first-order chi connectivity index (χ1) is 13.5. The Morgan fingerprint density at radius 3 is 2.46 bits per heavy atom. The molecule has 1 aromatic carbocycles. The van der Waals surface area contributed by atoms with E-state index < -0.39 is 0 Å². The molecule has 0 amide bonds. The van der Waals surface area contributed by atoms with Crippen LogP contribution in [0, 0.1) is 6.92 Å². The fraction of sp³-hybridized carbons (Fsp3) is 0.458. The monoisotopic (exact) mass is 442 g/mol. The van der Waals surface area contributed by atoms with E-state index in [0.717, 1.165) is 53.4 Å². The highest BCUT2D eigenvalue weighted by Gasteiger charge is 2.19. The molecule has 150 valence electrons. The maximum absolute atomic E-state index is 6.37. The summed E-state index contributed by atoms with van der Waals surface area (Å²) in [5.74, 6) is 1.53. The van der Waals surface area contributed by atoms with Crippen molar-refractivity contribution in [2.75, 3.05) is 0 Å². The molecule has 0 saturated heterocycles. The van der Waals surface area contributed by atoms with Crippen LogP contribution in [0.2, 0.25) is 0 Å². The zero-order valence-electron chi connectivity index (χ0n) is 17.7. The van der Waals surface area contributed by atoms with E-state index in [-0.39, 0.29) is 0 Å². The molecule has 0 aliphatic rings. The predicted molar refractivity (Wildman–Crippen MR) is 122 cm³/mol. The van der Waals surface area contributed by atoms with Crippen LogP contribution in [0.15, 0.2) is 34.9 Å². The molecule has 0 aliphatic carbocycles.